The van der Waals surface area contributed by atoms with Crippen LogP contribution in [0.2, 0.25) is 5.02 Å². The molecule has 2 aromatic rings. The number of nitrogens with one attached hydrogen (secondary N) is 1. The van der Waals surface area contributed by atoms with Crippen molar-refractivity contribution >= 4 is 23.5 Å². The summed E-state index contributed by atoms with van der Waals surface area (Å²) >= 11 is 5.82. The highest BCUT2D eigenvalue weighted by Gasteiger charge is 2.20. The number of halogens is 2. The summed E-state index contributed by atoms with van der Waals surface area (Å²) in [5.41, 5.74) is 0.599. The van der Waals surface area contributed by atoms with Gasteiger partial charge < -0.3 is 10.1 Å². The van der Waals surface area contributed by atoms with Crippen LogP contribution in [0, 0.1) is 11.7 Å². The molecule has 0 aliphatic rings. The lowest BCUT2D eigenvalue weighted by molar-refractivity contribution is -0.125. The number of rotatable bonds is 7. The molecule has 0 fully saturated rings. The molecule has 0 aliphatic carbocycles. The van der Waals surface area contributed by atoms with Gasteiger partial charge in [0.2, 0.25) is 0 Å². The fraction of sp³-hybridized carbons (Fsp3) is 0.300. The van der Waals surface area contributed by atoms with Crippen LogP contribution >= 0.6 is 11.6 Å². The van der Waals surface area contributed by atoms with Crippen molar-refractivity contribution in [1.82, 2.24) is 5.32 Å². The van der Waals surface area contributed by atoms with E-state index in [2.05, 4.69) is 19.2 Å². The van der Waals surface area contributed by atoms with Gasteiger partial charge in [0.15, 0.2) is 6.61 Å². The molecule has 0 heterocycles. The van der Waals surface area contributed by atoms with E-state index >= 15 is 0 Å². The van der Waals surface area contributed by atoms with E-state index in [4.69, 9.17) is 16.3 Å². The Labute approximate surface area is 157 Å². The predicted octanol–water partition coefficient (Wildman–Crippen LogP) is 4.54. The smallest absolute Gasteiger partial charge is 0.343 e. The number of carbonyl (C=O) groups is 2. The van der Waals surface area contributed by atoms with Crippen LogP contribution in [-0.2, 0) is 9.53 Å². The second-order valence-electron chi connectivity index (χ2n) is 6.33. The maximum atomic E-state index is 13.7. The molecule has 1 N–H and O–H groups in total. The van der Waals surface area contributed by atoms with Crippen molar-refractivity contribution < 1.29 is 18.7 Å². The van der Waals surface area contributed by atoms with Gasteiger partial charge in [0.25, 0.3) is 5.91 Å². The largest absolute Gasteiger partial charge is 0.452 e. The second kappa shape index (κ2) is 9.34. The number of benzene rings is 2. The van der Waals surface area contributed by atoms with Crippen molar-refractivity contribution in [3.63, 3.8) is 0 Å². The van der Waals surface area contributed by atoms with Gasteiger partial charge in [-0.15, -0.1) is 0 Å². The summed E-state index contributed by atoms with van der Waals surface area (Å²) in [5.74, 6) is -1.85. The number of hydrogen-bond acceptors (Lipinski definition) is 3. The molecule has 0 bridgehead atoms. The molecule has 0 spiro atoms. The van der Waals surface area contributed by atoms with Crippen LogP contribution in [0.5, 0.6) is 0 Å². The second-order valence-corrected chi connectivity index (χ2v) is 6.74. The van der Waals surface area contributed by atoms with E-state index in [1.54, 1.807) is 0 Å². The molecule has 2 aromatic carbocycles. The van der Waals surface area contributed by atoms with Gasteiger partial charge in [-0.05, 0) is 30.0 Å². The van der Waals surface area contributed by atoms with Crippen LogP contribution in [0.15, 0.2) is 48.5 Å². The highest BCUT2D eigenvalue weighted by atomic mass is 35.5. The van der Waals surface area contributed by atoms with Crippen molar-refractivity contribution in [3.8, 4) is 0 Å². The van der Waals surface area contributed by atoms with Crippen molar-refractivity contribution in [3.05, 3.63) is 70.5 Å². The Kier molecular flexibility index (Phi) is 7.16. The summed E-state index contributed by atoms with van der Waals surface area (Å²) in [6.07, 6.45) is 0.739. The quantitative estimate of drug-likeness (QED) is 0.721. The SMILES string of the molecule is CC(C)C[C@@H](NC(=O)COC(=O)c1c(F)cccc1Cl)c1ccccc1. The van der Waals surface area contributed by atoms with Crippen molar-refractivity contribution in [2.75, 3.05) is 6.61 Å². The van der Waals surface area contributed by atoms with Gasteiger partial charge in [-0.2, -0.15) is 0 Å². The van der Waals surface area contributed by atoms with Gasteiger partial charge in [0.05, 0.1) is 11.1 Å². The first kappa shape index (κ1) is 19.9. The predicted molar refractivity (Wildman–Crippen MR) is 98.5 cm³/mol. The highest BCUT2D eigenvalue weighted by Crippen LogP contribution is 2.22. The van der Waals surface area contributed by atoms with E-state index < -0.39 is 24.3 Å². The Hall–Kier alpha value is -2.40. The minimum Gasteiger partial charge on any atom is -0.452 e. The maximum Gasteiger partial charge on any atom is 0.343 e. The fourth-order valence-corrected chi connectivity index (χ4v) is 2.81. The average molecular weight is 378 g/mol. The zero-order valence-corrected chi connectivity index (χ0v) is 15.4. The summed E-state index contributed by atoms with van der Waals surface area (Å²) in [7, 11) is 0. The zero-order chi connectivity index (χ0) is 19.1. The molecule has 0 saturated carbocycles. The van der Waals surface area contributed by atoms with Crippen LogP contribution < -0.4 is 5.32 Å². The van der Waals surface area contributed by atoms with Crippen LogP contribution in [0.1, 0.15) is 42.2 Å². The minimum absolute atomic E-state index is 0.0580. The van der Waals surface area contributed by atoms with Gasteiger partial charge in [-0.1, -0.05) is 61.8 Å². The molecule has 26 heavy (non-hydrogen) atoms. The Bertz CT molecular complexity index is 745. The van der Waals surface area contributed by atoms with E-state index in [-0.39, 0.29) is 16.6 Å². The highest BCUT2D eigenvalue weighted by molar-refractivity contribution is 6.33. The molecule has 4 nitrogen and oxygen atoms in total. The molecule has 0 aromatic heterocycles. The third kappa shape index (κ3) is 5.56. The summed E-state index contributed by atoms with van der Waals surface area (Å²) in [4.78, 5) is 24.2. The molecule has 0 unspecified atom stereocenters. The molecule has 6 heteroatoms. The molecule has 2 rings (SSSR count). The Morgan fingerprint density at radius 2 is 1.81 bits per heavy atom. The Morgan fingerprint density at radius 3 is 2.42 bits per heavy atom. The lowest BCUT2D eigenvalue weighted by atomic mass is 9.97. The van der Waals surface area contributed by atoms with Gasteiger partial charge >= 0.3 is 5.97 Å². The topological polar surface area (TPSA) is 55.4 Å². The first-order valence-corrected chi connectivity index (χ1v) is 8.71. The van der Waals surface area contributed by atoms with Crippen molar-refractivity contribution in [2.45, 2.75) is 26.3 Å². The standard InChI is InChI=1S/C20H21ClFNO3/c1-13(2)11-17(14-7-4-3-5-8-14)23-18(24)12-26-20(25)19-15(21)9-6-10-16(19)22/h3-10,13,17H,11-12H2,1-2H3,(H,23,24)/t17-/m1/s1. The fourth-order valence-electron chi connectivity index (χ4n) is 2.57. The van der Waals surface area contributed by atoms with E-state index in [1.807, 2.05) is 30.3 Å². The third-order valence-electron chi connectivity index (χ3n) is 3.75. The van der Waals surface area contributed by atoms with Gasteiger partial charge in [0, 0.05) is 0 Å². The molecule has 1 amide bonds. The van der Waals surface area contributed by atoms with E-state index in [9.17, 15) is 14.0 Å². The first-order chi connectivity index (χ1) is 12.4. The number of ether oxygens (including phenoxy) is 1. The summed E-state index contributed by atoms with van der Waals surface area (Å²) in [6.45, 7) is 3.61. The molecule has 0 saturated heterocycles. The average Bonchev–Trinajstić information content (AvgIpc) is 2.59. The first-order valence-electron chi connectivity index (χ1n) is 8.34. The summed E-state index contributed by atoms with van der Waals surface area (Å²) in [5, 5.41) is 2.80. The monoisotopic (exact) mass is 377 g/mol. The van der Waals surface area contributed by atoms with Crippen molar-refractivity contribution in [1.29, 1.82) is 0 Å². The summed E-state index contributed by atoms with van der Waals surface area (Å²) in [6, 6.07) is 13.2. The van der Waals surface area contributed by atoms with E-state index in [0.717, 1.165) is 18.1 Å². The van der Waals surface area contributed by atoms with Gasteiger partial charge in [-0.3, -0.25) is 4.79 Å². The number of carbonyl (C=O) groups excluding carboxylic acids is 2. The molecule has 0 radical (unpaired) electrons. The molecule has 0 aliphatic heterocycles. The van der Waals surface area contributed by atoms with Crippen LogP contribution in [0.25, 0.3) is 0 Å². The van der Waals surface area contributed by atoms with E-state index in [0.29, 0.717) is 5.92 Å². The Balaban J connectivity index is 1.99. The number of esters is 1. The van der Waals surface area contributed by atoms with Gasteiger partial charge in [0.1, 0.15) is 11.4 Å². The maximum absolute atomic E-state index is 13.7. The number of hydrogen-bond donors (Lipinski definition) is 1. The third-order valence-corrected chi connectivity index (χ3v) is 4.06. The number of amides is 1. The molecule has 1 atom stereocenters. The van der Waals surface area contributed by atoms with E-state index in [1.165, 1.54) is 12.1 Å². The minimum atomic E-state index is -0.969. The molecular weight excluding hydrogens is 357 g/mol. The summed E-state index contributed by atoms with van der Waals surface area (Å²) < 4.78 is 18.6. The normalized spacial score (nSPS) is 11.9. The van der Waals surface area contributed by atoms with Crippen LogP contribution in [0.4, 0.5) is 4.39 Å². The Morgan fingerprint density at radius 1 is 1.12 bits per heavy atom. The van der Waals surface area contributed by atoms with Crippen molar-refractivity contribution in [2.24, 2.45) is 5.92 Å². The van der Waals surface area contributed by atoms with Crippen LogP contribution in [0.3, 0.4) is 0 Å². The van der Waals surface area contributed by atoms with Crippen LogP contribution in [-0.4, -0.2) is 18.5 Å². The zero-order valence-electron chi connectivity index (χ0n) is 14.7. The molecule has 138 valence electrons. The molecular formula is C20H21ClFNO3. The lowest BCUT2D eigenvalue weighted by Crippen LogP contribution is -2.33. The van der Waals surface area contributed by atoms with Gasteiger partial charge in [-0.25, -0.2) is 9.18 Å². The lowest BCUT2D eigenvalue weighted by Gasteiger charge is -2.21.